The normalized spacial score (nSPS) is 14.1. The number of hydrogen-bond donors (Lipinski definition) is 1. The molecule has 1 aromatic rings. The summed E-state index contributed by atoms with van der Waals surface area (Å²) in [6.07, 6.45) is 1.99. The van der Waals surface area contributed by atoms with Crippen molar-refractivity contribution in [1.29, 1.82) is 0 Å². The highest BCUT2D eigenvalue weighted by atomic mass is 16.4. The maximum absolute atomic E-state index is 11.5. The van der Waals surface area contributed by atoms with E-state index >= 15 is 0 Å². The molecule has 0 radical (unpaired) electrons. The molecule has 0 spiro atoms. The molecule has 5 heteroatoms. The molecule has 1 aromatic heterocycles. The number of rotatable bonds is 5. The molecule has 0 aliphatic carbocycles. The lowest BCUT2D eigenvalue weighted by Crippen LogP contribution is -2.51. The number of furan rings is 1. The van der Waals surface area contributed by atoms with Crippen LogP contribution in [0, 0.1) is 5.92 Å². The molecule has 0 bridgehead atoms. The van der Waals surface area contributed by atoms with Crippen molar-refractivity contribution in [2.75, 3.05) is 0 Å². The molecule has 1 rings (SSSR count). The minimum Gasteiger partial charge on any atom is -0.548 e. The number of carbonyl (C=O) groups is 2. The van der Waals surface area contributed by atoms with Crippen LogP contribution in [0.1, 0.15) is 30.8 Å². The molecule has 2 atom stereocenters. The van der Waals surface area contributed by atoms with Gasteiger partial charge in [0.05, 0.1) is 18.3 Å². The van der Waals surface area contributed by atoms with E-state index in [2.05, 4.69) is 5.32 Å². The Bertz CT molecular complexity index is 358. The molecular weight excluding hydrogens is 210 g/mol. The van der Waals surface area contributed by atoms with Gasteiger partial charge in [-0.15, -0.1) is 0 Å². The topological polar surface area (TPSA) is 82.4 Å². The largest absolute Gasteiger partial charge is 0.548 e. The molecule has 16 heavy (non-hydrogen) atoms. The fraction of sp³-hybridized carbons (Fsp3) is 0.455. The molecular formula is C11H14NO4-. The number of carboxylic acid groups (broad SMARTS) is 1. The highest BCUT2D eigenvalue weighted by molar-refractivity contribution is 5.94. The number of amides is 1. The van der Waals surface area contributed by atoms with Crippen LogP contribution in [0.5, 0.6) is 0 Å². The van der Waals surface area contributed by atoms with Crippen LogP contribution in [0.4, 0.5) is 0 Å². The van der Waals surface area contributed by atoms with Gasteiger partial charge in [0, 0.05) is 0 Å². The lowest BCUT2D eigenvalue weighted by Gasteiger charge is -2.24. The third-order valence-electron chi connectivity index (χ3n) is 2.50. The van der Waals surface area contributed by atoms with Crippen LogP contribution in [0.15, 0.2) is 22.8 Å². The molecule has 1 N–H and O–H groups in total. The van der Waals surface area contributed by atoms with Crippen LogP contribution in [-0.2, 0) is 4.79 Å². The monoisotopic (exact) mass is 224 g/mol. The van der Waals surface area contributed by atoms with Crippen molar-refractivity contribution in [3.05, 3.63) is 24.2 Å². The molecule has 0 saturated carbocycles. The van der Waals surface area contributed by atoms with Gasteiger partial charge in [0.15, 0.2) is 5.76 Å². The Hall–Kier alpha value is -1.78. The van der Waals surface area contributed by atoms with Gasteiger partial charge in [-0.25, -0.2) is 0 Å². The maximum Gasteiger partial charge on any atom is 0.287 e. The van der Waals surface area contributed by atoms with Gasteiger partial charge < -0.3 is 19.6 Å². The third-order valence-corrected chi connectivity index (χ3v) is 2.50. The van der Waals surface area contributed by atoms with Crippen molar-refractivity contribution in [1.82, 2.24) is 5.32 Å². The summed E-state index contributed by atoms with van der Waals surface area (Å²) < 4.78 is 4.86. The van der Waals surface area contributed by atoms with Gasteiger partial charge in [-0.3, -0.25) is 4.79 Å². The van der Waals surface area contributed by atoms with Crippen LogP contribution < -0.4 is 10.4 Å². The summed E-state index contributed by atoms with van der Waals surface area (Å²) >= 11 is 0. The summed E-state index contributed by atoms with van der Waals surface area (Å²) in [5.74, 6) is -1.92. The smallest absolute Gasteiger partial charge is 0.287 e. The number of hydrogen-bond acceptors (Lipinski definition) is 4. The van der Waals surface area contributed by atoms with Crippen LogP contribution >= 0.6 is 0 Å². The predicted molar refractivity (Wildman–Crippen MR) is 54.4 cm³/mol. The Balaban J connectivity index is 2.69. The molecule has 0 aliphatic heterocycles. The van der Waals surface area contributed by atoms with E-state index in [0.717, 1.165) is 0 Å². The minimum absolute atomic E-state index is 0.0922. The second-order valence-electron chi connectivity index (χ2n) is 3.63. The van der Waals surface area contributed by atoms with E-state index in [1.807, 2.05) is 6.92 Å². The maximum atomic E-state index is 11.5. The van der Waals surface area contributed by atoms with Crippen LogP contribution in [0.25, 0.3) is 0 Å². The fourth-order valence-electron chi connectivity index (χ4n) is 1.29. The minimum atomic E-state index is -1.28. The van der Waals surface area contributed by atoms with Gasteiger partial charge in [0.25, 0.3) is 5.91 Å². The molecule has 0 unspecified atom stereocenters. The average Bonchev–Trinajstić information content (AvgIpc) is 2.77. The molecule has 0 aromatic carbocycles. The Morgan fingerprint density at radius 3 is 2.69 bits per heavy atom. The average molecular weight is 224 g/mol. The molecule has 88 valence electrons. The van der Waals surface area contributed by atoms with E-state index in [-0.39, 0.29) is 11.7 Å². The van der Waals surface area contributed by atoms with Crippen molar-refractivity contribution in [2.24, 2.45) is 5.92 Å². The lowest BCUT2D eigenvalue weighted by atomic mass is 9.99. The van der Waals surface area contributed by atoms with Crippen molar-refractivity contribution in [3.8, 4) is 0 Å². The summed E-state index contributed by atoms with van der Waals surface area (Å²) in [5, 5.41) is 13.2. The first kappa shape index (κ1) is 12.3. The number of aliphatic carboxylic acids is 1. The first-order valence-electron chi connectivity index (χ1n) is 5.11. The second-order valence-corrected chi connectivity index (χ2v) is 3.63. The van der Waals surface area contributed by atoms with Crippen LogP contribution in [0.2, 0.25) is 0 Å². The quantitative estimate of drug-likeness (QED) is 0.773. The van der Waals surface area contributed by atoms with Gasteiger partial charge in [-0.2, -0.15) is 0 Å². The van der Waals surface area contributed by atoms with Crippen molar-refractivity contribution in [2.45, 2.75) is 26.3 Å². The fourth-order valence-corrected chi connectivity index (χ4v) is 1.29. The van der Waals surface area contributed by atoms with E-state index in [0.29, 0.717) is 6.42 Å². The third kappa shape index (κ3) is 2.85. The zero-order valence-corrected chi connectivity index (χ0v) is 9.23. The Morgan fingerprint density at radius 2 is 2.25 bits per heavy atom. The second kappa shape index (κ2) is 5.34. The lowest BCUT2D eigenvalue weighted by molar-refractivity contribution is -0.309. The van der Waals surface area contributed by atoms with Gasteiger partial charge in [-0.1, -0.05) is 20.3 Å². The van der Waals surface area contributed by atoms with Crippen molar-refractivity contribution < 1.29 is 19.1 Å². The molecule has 0 saturated heterocycles. The van der Waals surface area contributed by atoms with E-state index in [9.17, 15) is 14.7 Å². The van der Waals surface area contributed by atoms with E-state index < -0.39 is 17.9 Å². The molecule has 0 fully saturated rings. The van der Waals surface area contributed by atoms with Gasteiger partial charge in [-0.05, 0) is 18.1 Å². The predicted octanol–water partition coefficient (Wildman–Crippen LogP) is 0.174. The van der Waals surface area contributed by atoms with E-state index in [1.165, 1.54) is 12.3 Å². The first-order chi connectivity index (χ1) is 7.56. The molecule has 0 aliphatic rings. The highest BCUT2D eigenvalue weighted by Gasteiger charge is 2.21. The summed E-state index contributed by atoms with van der Waals surface area (Å²) in [7, 11) is 0. The first-order valence-corrected chi connectivity index (χ1v) is 5.11. The molecule has 5 nitrogen and oxygen atoms in total. The summed E-state index contributed by atoms with van der Waals surface area (Å²) in [4.78, 5) is 22.4. The van der Waals surface area contributed by atoms with Gasteiger partial charge >= 0.3 is 0 Å². The Morgan fingerprint density at radius 1 is 1.56 bits per heavy atom. The van der Waals surface area contributed by atoms with Crippen LogP contribution in [-0.4, -0.2) is 17.9 Å². The molecule has 1 heterocycles. The van der Waals surface area contributed by atoms with Crippen LogP contribution in [0.3, 0.4) is 0 Å². The zero-order valence-electron chi connectivity index (χ0n) is 9.23. The van der Waals surface area contributed by atoms with Gasteiger partial charge in [0.1, 0.15) is 0 Å². The Labute approximate surface area is 93.4 Å². The molecule has 1 amide bonds. The van der Waals surface area contributed by atoms with Gasteiger partial charge in [0.2, 0.25) is 0 Å². The van der Waals surface area contributed by atoms with Crippen molar-refractivity contribution in [3.63, 3.8) is 0 Å². The van der Waals surface area contributed by atoms with E-state index in [1.54, 1.807) is 13.0 Å². The highest BCUT2D eigenvalue weighted by Crippen LogP contribution is 2.08. The number of carboxylic acids is 1. The number of carbonyl (C=O) groups excluding carboxylic acids is 2. The zero-order chi connectivity index (χ0) is 12.1. The van der Waals surface area contributed by atoms with Crippen molar-refractivity contribution >= 4 is 11.9 Å². The Kier molecular flexibility index (Phi) is 4.10. The summed E-state index contributed by atoms with van der Waals surface area (Å²) in [5.41, 5.74) is 0. The SMILES string of the molecule is CC[C@H](C)[C@H](NC(=O)c1ccco1)C(=O)[O-]. The summed E-state index contributed by atoms with van der Waals surface area (Å²) in [6.45, 7) is 3.59. The standard InChI is InChI=1S/C11H15NO4/c1-3-7(2)9(11(14)15)12-10(13)8-5-4-6-16-8/h4-7,9H,3H2,1-2H3,(H,12,13)(H,14,15)/p-1/t7-,9-/m0/s1. The van der Waals surface area contributed by atoms with E-state index in [4.69, 9.17) is 4.42 Å². The summed E-state index contributed by atoms with van der Waals surface area (Å²) in [6, 6.07) is 2.03. The number of nitrogens with one attached hydrogen (secondary N) is 1.